The van der Waals surface area contributed by atoms with Gasteiger partial charge in [0, 0.05) is 31.5 Å². The molecule has 1 aliphatic rings. The maximum atomic E-state index is 11.9. The number of piperidine rings is 1. The number of hydrogen-bond acceptors (Lipinski definition) is 2. The Morgan fingerprint density at radius 3 is 2.22 bits per heavy atom. The van der Waals surface area contributed by atoms with Gasteiger partial charge in [-0.3, -0.25) is 0 Å². The highest BCUT2D eigenvalue weighted by atomic mass is 16.6. The van der Waals surface area contributed by atoms with Crippen LogP contribution in [0, 0.1) is 0 Å². The molecule has 2 heterocycles. The molecule has 1 aromatic rings. The summed E-state index contributed by atoms with van der Waals surface area (Å²) in [7, 11) is 0. The molecule has 18 heavy (non-hydrogen) atoms. The minimum atomic E-state index is -0.408. The molecular weight excluding hydrogens is 228 g/mol. The molecular formula is C14H22N2O2. The number of hydrogen-bond donors (Lipinski definition) is 0. The van der Waals surface area contributed by atoms with E-state index in [9.17, 15) is 4.79 Å². The fourth-order valence-corrected chi connectivity index (χ4v) is 2.26. The standard InChI is InChI=1S/C14H22N2O2/c1-14(2,3)18-13(17)16-10-6-12(7-11-16)15-8-4-5-9-15/h4-5,8-9,12H,6-7,10-11H2,1-3H3. The summed E-state index contributed by atoms with van der Waals surface area (Å²) in [6.45, 7) is 7.25. The largest absolute Gasteiger partial charge is 0.444 e. The van der Waals surface area contributed by atoms with Gasteiger partial charge in [-0.15, -0.1) is 0 Å². The minimum Gasteiger partial charge on any atom is -0.444 e. The molecule has 0 unspecified atom stereocenters. The number of carbonyl (C=O) groups is 1. The van der Waals surface area contributed by atoms with Crippen molar-refractivity contribution in [3.8, 4) is 0 Å². The van der Waals surface area contributed by atoms with Crippen molar-refractivity contribution in [1.29, 1.82) is 0 Å². The van der Waals surface area contributed by atoms with E-state index in [0.29, 0.717) is 6.04 Å². The highest BCUT2D eigenvalue weighted by molar-refractivity contribution is 5.68. The summed E-state index contributed by atoms with van der Waals surface area (Å²) < 4.78 is 7.61. The molecule has 1 aromatic heterocycles. The fraction of sp³-hybridized carbons (Fsp3) is 0.643. The third-order valence-corrected chi connectivity index (χ3v) is 3.17. The molecule has 0 spiro atoms. The average molecular weight is 250 g/mol. The topological polar surface area (TPSA) is 34.5 Å². The Bertz CT molecular complexity index is 384. The third-order valence-electron chi connectivity index (χ3n) is 3.17. The van der Waals surface area contributed by atoms with E-state index in [-0.39, 0.29) is 6.09 Å². The summed E-state index contributed by atoms with van der Waals surface area (Å²) in [5.41, 5.74) is -0.408. The van der Waals surface area contributed by atoms with Crippen molar-refractivity contribution in [3.63, 3.8) is 0 Å². The first-order valence-corrected chi connectivity index (χ1v) is 6.56. The van der Waals surface area contributed by atoms with Crippen LogP contribution in [0.15, 0.2) is 24.5 Å². The molecule has 0 bridgehead atoms. The lowest BCUT2D eigenvalue weighted by molar-refractivity contribution is 0.0188. The molecule has 0 N–H and O–H groups in total. The van der Waals surface area contributed by atoms with Crippen LogP contribution in [-0.2, 0) is 4.74 Å². The summed E-state index contributed by atoms with van der Waals surface area (Å²) in [5, 5.41) is 0. The van der Waals surface area contributed by atoms with Crippen molar-refractivity contribution in [2.75, 3.05) is 13.1 Å². The highest BCUT2D eigenvalue weighted by Crippen LogP contribution is 2.23. The second-order valence-corrected chi connectivity index (χ2v) is 5.83. The van der Waals surface area contributed by atoms with Crippen molar-refractivity contribution >= 4 is 6.09 Å². The lowest BCUT2D eigenvalue weighted by Gasteiger charge is -2.34. The lowest BCUT2D eigenvalue weighted by atomic mass is 10.1. The van der Waals surface area contributed by atoms with E-state index in [1.807, 2.05) is 37.8 Å². The SMILES string of the molecule is CC(C)(C)OC(=O)N1CCC(n2cccc2)CC1. The predicted octanol–water partition coefficient (Wildman–Crippen LogP) is 3.06. The minimum absolute atomic E-state index is 0.187. The van der Waals surface area contributed by atoms with Crippen LogP contribution in [0.1, 0.15) is 39.7 Å². The van der Waals surface area contributed by atoms with Crippen LogP contribution in [-0.4, -0.2) is 34.3 Å². The Labute approximate surface area is 109 Å². The van der Waals surface area contributed by atoms with Gasteiger partial charge < -0.3 is 14.2 Å². The van der Waals surface area contributed by atoms with Gasteiger partial charge in [-0.1, -0.05) is 0 Å². The molecule has 1 aliphatic heterocycles. The fourth-order valence-electron chi connectivity index (χ4n) is 2.26. The highest BCUT2D eigenvalue weighted by Gasteiger charge is 2.26. The molecule has 0 radical (unpaired) electrons. The number of carbonyl (C=O) groups excluding carboxylic acids is 1. The first kappa shape index (κ1) is 13.0. The van der Waals surface area contributed by atoms with Crippen LogP contribution in [0.25, 0.3) is 0 Å². The van der Waals surface area contributed by atoms with Crippen molar-refractivity contribution < 1.29 is 9.53 Å². The van der Waals surface area contributed by atoms with Gasteiger partial charge in [0.2, 0.25) is 0 Å². The van der Waals surface area contributed by atoms with Crippen molar-refractivity contribution in [1.82, 2.24) is 9.47 Å². The van der Waals surface area contributed by atoms with Crippen LogP contribution in [0.2, 0.25) is 0 Å². The number of aromatic nitrogens is 1. The van der Waals surface area contributed by atoms with E-state index in [4.69, 9.17) is 4.74 Å². The molecule has 0 atom stereocenters. The zero-order chi connectivity index (χ0) is 13.2. The van der Waals surface area contributed by atoms with E-state index < -0.39 is 5.60 Å². The van der Waals surface area contributed by atoms with Crippen LogP contribution in [0.5, 0.6) is 0 Å². The Balaban J connectivity index is 1.85. The molecule has 2 rings (SSSR count). The van der Waals surface area contributed by atoms with Crippen molar-refractivity contribution in [3.05, 3.63) is 24.5 Å². The average Bonchev–Trinajstić information content (AvgIpc) is 2.80. The van der Waals surface area contributed by atoms with Crippen LogP contribution in [0.4, 0.5) is 4.79 Å². The summed E-state index contributed by atoms with van der Waals surface area (Å²) >= 11 is 0. The summed E-state index contributed by atoms with van der Waals surface area (Å²) in [6.07, 6.45) is 5.98. The van der Waals surface area contributed by atoms with Crippen LogP contribution in [0.3, 0.4) is 0 Å². The van der Waals surface area contributed by atoms with Gasteiger partial charge in [-0.05, 0) is 45.7 Å². The Morgan fingerprint density at radius 2 is 1.72 bits per heavy atom. The van der Waals surface area contributed by atoms with E-state index in [1.165, 1.54) is 0 Å². The summed E-state index contributed by atoms with van der Waals surface area (Å²) in [4.78, 5) is 13.7. The maximum absolute atomic E-state index is 11.9. The molecule has 4 nitrogen and oxygen atoms in total. The first-order chi connectivity index (χ1) is 8.46. The van der Waals surface area contributed by atoms with E-state index >= 15 is 0 Å². The van der Waals surface area contributed by atoms with Crippen LogP contribution < -0.4 is 0 Å². The van der Waals surface area contributed by atoms with Crippen LogP contribution >= 0.6 is 0 Å². The second kappa shape index (κ2) is 5.04. The lowest BCUT2D eigenvalue weighted by Crippen LogP contribution is -2.42. The molecule has 100 valence electrons. The monoisotopic (exact) mass is 250 g/mol. The molecule has 1 amide bonds. The normalized spacial score (nSPS) is 17.8. The van der Waals surface area contributed by atoms with Gasteiger partial charge in [-0.2, -0.15) is 0 Å². The number of rotatable bonds is 1. The van der Waals surface area contributed by atoms with E-state index in [0.717, 1.165) is 25.9 Å². The molecule has 4 heteroatoms. The zero-order valence-electron chi connectivity index (χ0n) is 11.4. The van der Waals surface area contributed by atoms with E-state index in [2.05, 4.69) is 17.0 Å². The van der Waals surface area contributed by atoms with Crippen molar-refractivity contribution in [2.24, 2.45) is 0 Å². The number of likely N-dealkylation sites (tertiary alicyclic amines) is 1. The molecule has 0 saturated carbocycles. The van der Waals surface area contributed by atoms with Gasteiger partial charge in [0.05, 0.1) is 0 Å². The second-order valence-electron chi connectivity index (χ2n) is 5.83. The Kier molecular flexibility index (Phi) is 3.64. The smallest absolute Gasteiger partial charge is 0.410 e. The van der Waals surface area contributed by atoms with Gasteiger partial charge in [-0.25, -0.2) is 4.79 Å². The number of amides is 1. The molecule has 0 aromatic carbocycles. The third kappa shape index (κ3) is 3.28. The number of ether oxygens (including phenoxy) is 1. The quantitative estimate of drug-likeness (QED) is 0.767. The van der Waals surface area contributed by atoms with Gasteiger partial charge >= 0.3 is 6.09 Å². The zero-order valence-corrected chi connectivity index (χ0v) is 11.4. The first-order valence-electron chi connectivity index (χ1n) is 6.56. The molecule has 1 saturated heterocycles. The number of nitrogens with zero attached hydrogens (tertiary/aromatic N) is 2. The summed E-state index contributed by atoms with van der Waals surface area (Å²) in [6, 6.07) is 4.60. The van der Waals surface area contributed by atoms with Crippen molar-refractivity contribution in [2.45, 2.75) is 45.3 Å². The van der Waals surface area contributed by atoms with Gasteiger partial charge in [0.25, 0.3) is 0 Å². The molecule has 0 aliphatic carbocycles. The van der Waals surface area contributed by atoms with E-state index in [1.54, 1.807) is 0 Å². The summed E-state index contributed by atoms with van der Waals surface area (Å²) in [5.74, 6) is 0. The Hall–Kier alpha value is -1.45. The Morgan fingerprint density at radius 1 is 1.17 bits per heavy atom. The van der Waals surface area contributed by atoms with Gasteiger partial charge in [0.15, 0.2) is 0 Å². The van der Waals surface area contributed by atoms with Gasteiger partial charge in [0.1, 0.15) is 5.60 Å². The maximum Gasteiger partial charge on any atom is 0.410 e. The molecule has 1 fully saturated rings. The predicted molar refractivity (Wildman–Crippen MR) is 70.5 cm³/mol.